The Balaban J connectivity index is 0. The maximum Gasteiger partial charge on any atom is 0.0509 e. The van der Waals surface area contributed by atoms with Gasteiger partial charge in [-0.05, 0) is 55.4 Å². The molecular formula is C11H26N2O2. The Morgan fingerprint density at radius 3 is 1.13 bits per heavy atom. The van der Waals surface area contributed by atoms with Gasteiger partial charge in [0, 0.05) is 11.1 Å². The van der Waals surface area contributed by atoms with Crippen molar-refractivity contribution < 1.29 is 10.4 Å². The molecule has 0 fully saturated rings. The van der Waals surface area contributed by atoms with Crippen LogP contribution in [-0.4, -0.2) is 32.3 Å². The van der Waals surface area contributed by atoms with Crippen molar-refractivity contribution in [1.29, 1.82) is 0 Å². The normalized spacial score (nSPS) is 11.9. The molecule has 0 aromatic carbocycles. The zero-order chi connectivity index (χ0) is 12.9. The Hall–Kier alpha value is -0.610. The summed E-state index contributed by atoms with van der Waals surface area (Å²) in [6, 6.07) is 0. The zero-order valence-corrected chi connectivity index (χ0v) is 11.3. The molecule has 0 rings (SSSR count). The van der Waals surface area contributed by atoms with Gasteiger partial charge < -0.3 is 10.4 Å². The van der Waals surface area contributed by atoms with E-state index in [4.69, 9.17) is 5.21 Å². The molecule has 0 amide bonds. The molecule has 0 saturated carbocycles. The standard InChI is InChI=1S/C8H19NO.C3H7NO/c1-7(2,3)9(10)8(4,5)6;1-3(2)4-5/h10H,1-6H3;5H,1-2H3. The first-order valence-electron chi connectivity index (χ1n) is 5.07. The maximum atomic E-state index is 9.56. The van der Waals surface area contributed by atoms with Gasteiger partial charge in [0.1, 0.15) is 0 Å². The first kappa shape index (κ1) is 16.8. The molecule has 4 nitrogen and oxygen atoms in total. The van der Waals surface area contributed by atoms with Crippen LogP contribution in [0.15, 0.2) is 5.16 Å². The van der Waals surface area contributed by atoms with Crippen LogP contribution in [-0.2, 0) is 0 Å². The van der Waals surface area contributed by atoms with E-state index in [0.29, 0.717) is 5.71 Å². The second-order valence-electron chi connectivity index (χ2n) is 5.70. The third-order valence-corrected chi connectivity index (χ3v) is 1.47. The molecule has 0 aliphatic carbocycles. The van der Waals surface area contributed by atoms with Gasteiger partial charge in [0.25, 0.3) is 0 Å². The van der Waals surface area contributed by atoms with Crippen molar-refractivity contribution in [1.82, 2.24) is 5.06 Å². The highest BCUT2D eigenvalue weighted by Crippen LogP contribution is 2.20. The average molecular weight is 218 g/mol. The highest BCUT2D eigenvalue weighted by Gasteiger charge is 2.29. The predicted molar refractivity (Wildman–Crippen MR) is 63.7 cm³/mol. The van der Waals surface area contributed by atoms with Gasteiger partial charge in [-0.15, -0.1) is 0 Å². The van der Waals surface area contributed by atoms with E-state index >= 15 is 0 Å². The van der Waals surface area contributed by atoms with E-state index in [1.54, 1.807) is 13.8 Å². The smallest absolute Gasteiger partial charge is 0.0509 e. The van der Waals surface area contributed by atoms with Crippen molar-refractivity contribution in [3.8, 4) is 0 Å². The Morgan fingerprint density at radius 1 is 0.933 bits per heavy atom. The molecule has 0 unspecified atom stereocenters. The summed E-state index contributed by atoms with van der Waals surface area (Å²) in [7, 11) is 0. The molecule has 0 heterocycles. The van der Waals surface area contributed by atoms with E-state index in [1.807, 2.05) is 41.5 Å². The molecule has 2 N–H and O–H groups in total. The van der Waals surface area contributed by atoms with Crippen LogP contribution in [0.1, 0.15) is 55.4 Å². The lowest BCUT2D eigenvalue weighted by atomic mass is 10.0. The Kier molecular flexibility index (Phi) is 6.81. The van der Waals surface area contributed by atoms with Crippen molar-refractivity contribution in [2.24, 2.45) is 5.16 Å². The van der Waals surface area contributed by atoms with Crippen LogP contribution in [0.25, 0.3) is 0 Å². The average Bonchev–Trinajstić information content (AvgIpc) is 2.01. The molecule has 92 valence electrons. The van der Waals surface area contributed by atoms with Crippen molar-refractivity contribution in [2.45, 2.75) is 66.5 Å². The van der Waals surface area contributed by atoms with Crippen LogP contribution in [0.4, 0.5) is 0 Å². The number of oxime groups is 1. The SMILES string of the molecule is CC(C)(C)N(O)C(C)(C)C.CC(C)=NO. The number of hydroxylamine groups is 2. The minimum Gasteiger partial charge on any atom is -0.411 e. The summed E-state index contributed by atoms with van der Waals surface area (Å²) in [6.45, 7) is 15.4. The van der Waals surface area contributed by atoms with E-state index in [9.17, 15) is 5.21 Å². The zero-order valence-electron chi connectivity index (χ0n) is 11.3. The van der Waals surface area contributed by atoms with Gasteiger partial charge in [0.05, 0.1) is 5.71 Å². The molecule has 0 aromatic heterocycles. The molecule has 0 spiro atoms. The number of nitrogens with zero attached hydrogens (tertiary/aromatic N) is 2. The molecule has 0 aliphatic rings. The van der Waals surface area contributed by atoms with Crippen LogP contribution in [0.5, 0.6) is 0 Å². The topological polar surface area (TPSA) is 56.1 Å². The van der Waals surface area contributed by atoms with Crippen molar-refractivity contribution in [3.63, 3.8) is 0 Å². The van der Waals surface area contributed by atoms with E-state index in [-0.39, 0.29) is 11.1 Å². The van der Waals surface area contributed by atoms with Gasteiger partial charge in [0.2, 0.25) is 0 Å². The summed E-state index contributed by atoms with van der Waals surface area (Å²) in [6.07, 6.45) is 0. The summed E-state index contributed by atoms with van der Waals surface area (Å²) in [4.78, 5) is 0. The lowest BCUT2D eigenvalue weighted by molar-refractivity contribution is -0.212. The van der Waals surface area contributed by atoms with Gasteiger partial charge in [-0.3, -0.25) is 0 Å². The fourth-order valence-electron chi connectivity index (χ4n) is 1.01. The summed E-state index contributed by atoms with van der Waals surface area (Å²) in [5.41, 5.74) is 0.348. The van der Waals surface area contributed by atoms with Gasteiger partial charge in [-0.1, -0.05) is 5.16 Å². The highest BCUT2D eigenvalue weighted by atomic mass is 16.5. The van der Waals surface area contributed by atoms with Gasteiger partial charge >= 0.3 is 0 Å². The fraction of sp³-hybridized carbons (Fsp3) is 0.909. The van der Waals surface area contributed by atoms with Gasteiger partial charge in [0.15, 0.2) is 0 Å². The monoisotopic (exact) mass is 218 g/mol. The van der Waals surface area contributed by atoms with Crippen LogP contribution in [0.3, 0.4) is 0 Å². The Bertz CT molecular complexity index is 182. The third kappa shape index (κ3) is 9.69. The minimum absolute atomic E-state index is 0.168. The van der Waals surface area contributed by atoms with Gasteiger partial charge in [-0.2, -0.15) is 5.06 Å². The molecule has 0 atom stereocenters. The van der Waals surface area contributed by atoms with E-state index in [2.05, 4.69) is 5.16 Å². The molecule has 0 bridgehead atoms. The van der Waals surface area contributed by atoms with Crippen LogP contribution in [0.2, 0.25) is 0 Å². The van der Waals surface area contributed by atoms with E-state index in [1.165, 1.54) is 5.06 Å². The maximum absolute atomic E-state index is 9.56. The summed E-state index contributed by atoms with van der Waals surface area (Å²) in [5, 5.41) is 21.5. The first-order valence-corrected chi connectivity index (χ1v) is 5.07. The Morgan fingerprint density at radius 2 is 1.13 bits per heavy atom. The second kappa shape index (κ2) is 6.08. The van der Waals surface area contributed by atoms with Crippen LogP contribution in [0, 0.1) is 0 Å². The predicted octanol–water partition coefficient (Wildman–Crippen LogP) is 3.13. The Labute approximate surface area is 93.5 Å². The molecule has 0 radical (unpaired) electrons. The van der Waals surface area contributed by atoms with Gasteiger partial charge in [-0.25, -0.2) is 0 Å². The van der Waals surface area contributed by atoms with Crippen molar-refractivity contribution in [2.75, 3.05) is 0 Å². The quantitative estimate of drug-likeness (QED) is 0.373. The molecule has 0 aromatic rings. The summed E-state index contributed by atoms with van der Waals surface area (Å²) in [5.74, 6) is 0. The van der Waals surface area contributed by atoms with Crippen LogP contribution >= 0.6 is 0 Å². The lowest BCUT2D eigenvalue weighted by Gasteiger charge is -2.39. The van der Waals surface area contributed by atoms with E-state index < -0.39 is 0 Å². The largest absolute Gasteiger partial charge is 0.411 e. The number of rotatable bonds is 0. The molecular weight excluding hydrogens is 192 g/mol. The van der Waals surface area contributed by atoms with Crippen molar-refractivity contribution >= 4 is 5.71 Å². The number of hydrogen-bond acceptors (Lipinski definition) is 4. The molecule has 4 heteroatoms. The van der Waals surface area contributed by atoms with Crippen LogP contribution < -0.4 is 0 Å². The minimum atomic E-state index is -0.168. The van der Waals surface area contributed by atoms with E-state index in [0.717, 1.165) is 0 Å². The number of hydrogen-bond donors (Lipinski definition) is 2. The second-order valence-corrected chi connectivity index (χ2v) is 5.70. The third-order valence-electron chi connectivity index (χ3n) is 1.47. The highest BCUT2D eigenvalue weighted by molar-refractivity contribution is 5.78. The van der Waals surface area contributed by atoms with Crippen molar-refractivity contribution in [3.05, 3.63) is 0 Å². The molecule has 15 heavy (non-hydrogen) atoms. The summed E-state index contributed by atoms with van der Waals surface area (Å²) < 4.78 is 0. The lowest BCUT2D eigenvalue weighted by Crippen LogP contribution is -2.50. The fourth-order valence-corrected chi connectivity index (χ4v) is 1.01. The molecule has 0 saturated heterocycles. The first-order chi connectivity index (χ1) is 6.42. The summed E-state index contributed by atoms with van der Waals surface area (Å²) >= 11 is 0. The molecule has 0 aliphatic heterocycles.